The van der Waals surface area contributed by atoms with Gasteiger partial charge in [0.1, 0.15) is 0 Å². The highest BCUT2D eigenvalue weighted by molar-refractivity contribution is 5.78. The maximum Gasteiger partial charge on any atom is 0.234 e. The summed E-state index contributed by atoms with van der Waals surface area (Å²) in [5.41, 5.74) is 5.77. The van der Waals surface area contributed by atoms with Crippen LogP contribution in [0.5, 0.6) is 0 Å². The fourth-order valence-electron chi connectivity index (χ4n) is 2.32. The van der Waals surface area contributed by atoms with Crippen molar-refractivity contribution in [2.45, 2.75) is 59.9 Å². The molecule has 1 atom stereocenters. The summed E-state index contributed by atoms with van der Waals surface area (Å²) in [6.07, 6.45) is 3.46. The van der Waals surface area contributed by atoms with Crippen molar-refractivity contribution < 1.29 is 4.79 Å². The molecule has 0 radical (unpaired) electrons. The quantitative estimate of drug-likeness (QED) is 0.647. The zero-order valence-electron chi connectivity index (χ0n) is 14.3. The number of nitrogens with one attached hydrogen (secondary N) is 1. The van der Waals surface area contributed by atoms with Crippen molar-refractivity contribution in [2.75, 3.05) is 26.7 Å². The van der Waals surface area contributed by atoms with Crippen LogP contribution in [0.4, 0.5) is 0 Å². The van der Waals surface area contributed by atoms with E-state index in [0.29, 0.717) is 13.1 Å². The van der Waals surface area contributed by atoms with E-state index in [1.807, 2.05) is 11.9 Å². The van der Waals surface area contributed by atoms with Gasteiger partial charge < -0.3 is 11.1 Å². The van der Waals surface area contributed by atoms with Crippen molar-refractivity contribution in [3.63, 3.8) is 0 Å². The van der Waals surface area contributed by atoms with Crippen molar-refractivity contribution in [1.82, 2.24) is 10.2 Å². The highest BCUT2D eigenvalue weighted by Gasteiger charge is 2.19. The lowest BCUT2D eigenvalue weighted by atomic mass is 9.93. The molecular formula is C16H35N3O. The highest BCUT2D eigenvalue weighted by Crippen LogP contribution is 2.13. The molecule has 0 bridgehead atoms. The molecule has 0 saturated heterocycles. The zero-order valence-corrected chi connectivity index (χ0v) is 14.3. The molecule has 0 fully saturated rings. The van der Waals surface area contributed by atoms with Crippen molar-refractivity contribution >= 4 is 5.91 Å². The van der Waals surface area contributed by atoms with Crippen LogP contribution in [0.15, 0.2) is 0 Å². The Labute approximate surface area is 125 Å². The lowest BCUT2D eigenvalue weighted by Gasteiger charge is -2.28. The molecule has 0 aliphatic heterocycles. The van der Waals surface area contributed by atoms with E-state index in [0.717, 1.165) is 18.9 Å². The van der Waals surface area contributed by atoms with Gasteiger partial charge in [0.2, 0.25) is 5.91 Å². The number of carbonyl (C=O) groups excluding carboxylic acids is 1. The number of nitrogens with two attached hydrogens (primary N) is 1. The number of likely N-dealkylation sites (N-methyl/N-ethyl adjacent to an activating group) is 1. The Morgan fingerprint density at radius 1 is 1.25 bits per heavy atom. The fourth-order valence-corrected chi connectivity index (χ4v) is 2.32. The molecule has 1 amide bonds. The average Bonchev–Trinajstić information content (AvgIpc) is 2.26. The predicted octanol–water partition coefficient (Wildman–Crippen LogP) is 2.23. The van der Waals surface area contributed by atoms with E-state index in [9.17, 15) is 4.79 Å². The fraction of sp³-hybridized carbons (Fsp3) is 0.938. The van der Waals surface area contributed by atoms with E-state index in [4.69, 9.17) is 5.73 Å². The smallest absolute Gasteiger partial charge is 0.234 e. The van der Waals surface area contributed by atoms with Crippen LogP contribution >= 0.6 is 0 Å². The maximum atomic E-state index is 12.0. The minimum absolute atomic E-state index is 0.0535. The Bertz CT molecular complexity index is 277. The number of hydrogen-bond acceptors (Lipinski definition) is 3. The minimum Gasteiger partial charge on any atom is -0.353 e. The molecule has 0 heterocycles. The molecule has 0 aromatic heterocycles. The number of rotatable bonds is 10. The number of nitrogens with zero attached hydrogens (tertiary/aromatic N) is 1. The number of amides is 1. The van der Waals surface area contributed by atoms with Gasteiger partial charge in [-0.05, 0) is 38.3 Å². The van der Waals surface area contributed by atoms with Gasteiger partial charge in [-0.3, -0.25) is 9.69 Å². The van der Waals surface area contributed by atoms with Gasteiger partial charge in [-0.15, -0.1) is 0 Å². The largest absolute Gasteiger partial charge is 0.353 e. The summed E-state index contributed by atoms with van der Waals surface area (Å²) in [5.74, 6) is 0.847. The van der Waals surface area contributed by atoms with Gasteiger partial charge in [0.05, 0.1) is 6.54 Å². The summed E-state index contributed by atoms with van der Waals surface area (Å²) in [6.45, 7) is 12.7. The molecule has 0 aromatic rings. The Balaban J connectivity index is 3.92. The van der Waals surface area contributed by atoms with Gasteiger partial charge in [0.15, 0.2) is 0 Å². The van der Waals surface area contributed by atoms with Crippen LogP contribution in [-0.4, -0.2) is 43.5 Å². The summed E-state index contributed by atoms with van der Waals surface area (Å²) < 4.78 is 0. The lowest BCUT2D eigenvalue weighted by molar-refractivity contribution is -0.122. The molecule has 20 heavy (non-hydrogen) atoms. The summed E-state index contributed by atoms with van der Waals surface area (Å²) in [7, 11) is 1.97. The predicted molar refractivity (Wildman–Crippen MR) is 86.6 cm³/mol. The third-order valence-corrected chi connectivity index (χ3v) is 3.49. The first-order valence-corrected chi connectivity index (χ1v) is 7.84. The van der Waals surface area contributed by atoms with Gasteiger partial charge in [0.25, 0.3) is 0 Å². The van der Waals surface area contributed by atoms with E-state index in [2.05, 4.69) is 39.9 Å². The number of hydrogen-bond donors (Lipinski definition) is 2. The molecular weight excluding hydrogens is 250 g/mol. The zero-order chi connectivity index (χ0) is 15.8. The molecule has 0 aliphatic rings. The topological polar surface area (TPSA) is 58.4 Å². The third kappa shape index (κ3) is 10.2. The highest BCUT2D eigenvalue weighted by atomic mass is 16.2. The Hall–Kier alpha value is -0.610. The van der Waals surface area contributed by atoms with E-state index in [1.54, 1.807) is 0 Å². The average molecular weight is 285 g/mol. The molecule has 4 heteroatoms. The van der Waals surface area contributed by atoms with E-state index in [-0.39, 0.29) is 17.4 Å². The van der Waals surface area contributed by atoms with Gasteiger partial charge in [-0.2, -0.15) is 0 Å². The second kappa shape index (κ2) is 9.35. The Morgan fingerprint density at radius 2 is 1.85 bits per heavy atom. The van der Waals surface area contributed by atoms with Crippen molar-refractivity contribution in [1.29, 1.82) is 0 Å². The van der Waals surface area contributed by atoms with Crippen LogP contribution in [-0.2, 0) is 4.79 Å². The van der Waals surface area contributed by atoms with Crippen LogP contribution in [0.2, 0.25) is 0 Å². The monoisotopic (exact) mass is 285 g/mol. The molecule has 3 N–H and O–H groups in total. The molecule has 0 aromatic carbocycles. The lowest BCUT2D eigenvalue weighted by Crippen LogP contribution is -2.43. The standard InChI is InChI=1S/C16H35N3O/c1-13(2)8-7-9-14(3)18-15(20)10-19(6)12-16(4,5)11-17/h13-14H,7-12,17H2,1-6H3,(H,18,20). The first-order chi connectivity index (χ1) is 9.16. The summed E-state index contributed by atoms with van der Waals surface area (Å²) in [6, 6.07) is 0.261. The van der Waals surface area contributed by atoms with Crippen LogP contribution in [0.1, 0.15) is 53.9 Å². The second-order valence-electron chi connectivity index (χ2n) is 7.33. The molecule has 0 spiro atoms. The SMILES string of the molecule is CC(C)CCCC(C)NC(=O)CN(C)CC(C)(C)CN. The van der Waals surface area contributed by atoms with E-state index < -0.39 is 0 Å². The van der Waals surface area contributed by atoms with Gasteiger partial charge in [-0.25, -0.2) is 0 Å². The van der Waals surface area contributed by atoms with Crippen LogP contribution in [0.3, 0.4) is 0 Å². The Kier molecular flexibility index (Phi) is 9.06. The summed E-state index contributed by atoms with van der Waals surface area (Å²) in [5, 5.41) is 3.08. The molecule has 0 aliphatic carbocycles. The summed E-state index contributed by atoms with van der Waals surface area (Å²) >= 11 is 0. The molecule has 0 saturated carbocycles. The van der Waals surface area contributed by atoms with Crippen molar-refractivity contribution in [3.8, 4) is 0 Å². The van der Waals surface area contributed by atoms with E-state index >= 15 is 0 Å². The molecule has 0 rings (SSSR count). The summed E-state index contributed by atoms with van der Waals surface area (Å²) in [4.78, 5) is 14.0. The first kappa shape index (κ1) is 19.4. The third-order valence-electron chi connectivity index (χ3n) is 3.49. The normalized spacial score (nSPS) is 13.8. The molecule has 4 nitrogen and oxygen atoms in total. The Morgan fingerprint density at radius 3 is 2.35 bits per heavy atom. The molecule has 120 valence electrons. The minimum atomic E-state index is 0.0535. The molecule has 1 unspecified atom stereocenters. The second-order valence-corrected chi connectivity index (χ2v) is 7.33. The first-order valence-electron chi connectivity index (χ1n) is 7.84. The van der Waals surface area contributed by atoms with Crippen LogP contribution in [0.25, 0.3) is 0 Å². The maximum absolute atomic E-state index is 12.0. The van der Waals surface area contributed by atoms with Gasteiger partial charge >= 0.3 is 0 Å². The van der Waals surface area contributed by atoms with E-state index in [1.165, 1.54) is 12.8 Å². The van der Waals surface area contributed by atoms with Crippen LogP contribution in [0, 0.1) is 11.3 Å². The number of carbonyl (C=O) groups is 1. The van der Waals surface area contributed by atoms with Gasteiger partial charge in [-0.1, -0.05) is 40.5 Å². The van der Waals surface area contributed by atoms with Crippen molar-refractivity contribution in [3.05, 3.63) is 0 Å². The van der Waals surface area contributed by atoms with Crippen LogP contribution < -0.4 is 11.1 Å². The van der Waals surface area contributed by atoms with Gasteiger partial charge in [0, 0.05) is 12.6 Å². The van der Waals surface area contributed by atoms with Crippen molar-refractivity contribution in [2.24, 2.45) is 17.1 Å².